The molecule has 0 saturated heterocycles. The average molecular weight is 363 g/mol. The lowest BCUT2D eigenvalue weighted by molar-refractivity contribution is -0.0910. The van der Waals surface area contributed by atoms with Crippen LogP contribution < -0.4 is 15.9 Å². The lowest BCUT2D eigenvalue weighted by Gasteiger charge is -2.37. The highest BCUT2D eigenvalue weighted by Crippen LogP contribution is 2.66. The van der Waals surface area contributed by atoms with E-state index >= 15 is 0 Å². The summed E-state index contributed by atoms with van der Waals surface area (Å²) in [6.07, 6.45) is 2.59. The minimum absolute atomic E-state index is 0.403. The first-order chi connectivity index (χ1) is 12.6. The lowest BCUT2D eigenvalue weighted by atomic mass is 10.3. The van der Waals surface area contributed by atoms with Gasteiger partial charge < -0.3 is 10.2 Å². The number of hydrogen-bond acceptors (Lipinski definition) is 2. The van der Waals surface area contributed by atoms with Gasteiger partial charge in [0, 0.05) is 6.42 Å². The predicted molar refractivity (Wildman–Crippen MR) is 110 cm³/mol. The summed E-state index contributed by atoms with van der Waals surface area (Å²) in [6, 6.07) is 30.1. The van der Waals surface area contributed by atoms with Gasteiger partial charge in [-0.05, 0) is 55.2 Å². The zero-order valence-electron chi connectivity index (χ0n) is 14.7. The van der Waals surface area contributed by atoms with Gasteiger partial charge in [-0.1, -0.05) is 54.6 Å². The van der Waals surface area contributed by atoms with Crippen LogP contribution in [0.2, 0.25) is 0 Å². The number of aliphatic hydroxyl groups is 2. The standard InChI is InChI=1S/C23H24O2P/c24-23(25,18-19-16-17-19)26(20-10-4-1-5-11-20,21-12-6-2-7-13-21)22-14-8-3-9-15-22/h1-15,19,24-25H,16-18H2/q+1. The van der Waals surface area contributed by atoms with Crippen LogP contribution in [0.3, 0.4) is 0 Å². The highest BCUT2D eigenvalue weighted by Gasteiger charge is 2.63. The van der Waals surface area contributed by atoms with Gasteiger partial charge in [-0.3, -0.25) is 0 Å². The van der Waals surface area contributed by atoms with Gasteiger partial charge in [-0.2, -0.15) is 0 Å². The first-order valence-electron chi connectivity index (χ1n) is 9.15. The van der Waals surface area contributed by atoms with E-state index in [-0.39, 0.29) is 0 Å². The Balaban J connectivity index is 2.03. The molecule has 3 aromatic rings. The molecule has 0 amide bonds. The van der Waals surface area contributed by atoms with Crippen LogP contribution in [0.25, 0.3) is 0 Å². The molecule has 0 spiro atoms. The fraction of sp³-hybridized carbons (Fsp3) is 0.217. The predicted octanol–water partition coefficient (Wildman–Crippen LogP) is 3.42. The molecule has 0 heterocycles. The SMILES string of the molecule is OC(O)(CC1CC1)[P+](c1ccccc1)(c1ccccc1)c1ccccc1. The zero-order valence-corrected chi connectivity index (χ0v) is 15.6. The molecule has 2 N–H and O–H groups in total. The van der Waals surface area contributed by atoms with E-state index in [1.165, 1.54) is 0 Å². The summed E-state index contributed by atoms with van der Waals surface area (Å²) >= 11 is 0. The molecule has 3 heteroatoms. The van der Waals surface area contributed by atoms with Crippen molar-refractivity contribution in [1.29, 1.82) is 0 Å². The maximum Gasteiger partial charge on any atom is 0.293 e. The summed E-state index contributed by atoms with van der Waals surface area (Å²) in [5.74, 6) is 0.403. The molecule has 1 saturated carbocycles. The Hall–Kier alpha value is -1.99. The van der Waals surface area contributed by atoms with E-state index in [2.05, 4.69) is 0 Å². The van der Waals surface area contributed by atoms with Crippen molar-refractivity contribution in [2.75, 3.05) is 0 Å². The first kappa shape index (κ1) is 17.4. The van der Waals surface area contributed by atoms with Gasteiger partial charge in [0.05, 0.1) is 0 Å². The minimum atomic E-state index is -2.66. The molecule has 1 aliphatic rings. The van der Waals surface area contributed by atoms with Crippen molar-refractivity contribution in [2.24, 2.45) is 5.92 Å². The molecule has 0 aromatic heterocycles. The van der Waals surface area contributed by atoms with Gasteiger partial charge in [-0.15, -0.1) is 0 Å². The Labute approximate surface area is 155 Å². The van der Waals surface area contributed by atoms with Crippen molar-refractivity contribution in [1.82, 2.24) is 0 Å². The van der Waals surface area contributed by atoms with E-state index in [4.69, 9.17) is 0 Å². The van der Waals surface area contributed by atoms with Crippen LogP contribution >= 0.6 is 7.26 Å². The van der Waals surface area contributed by atoms with Crippen LogP contribution in [0.4, 0.5) is 0 Å². The van der Waals surface area contributed by atoms with E-state index in [9.17, 15) is 10.2 Å². The second-order valence-corrected chi connectivity index (χ2v) is 10.7. The Morgan fingerprint density at radius 2 is 1.00 bits per heavy atom. The van der Waals surface area contributed by atoms with Gasteiger partial charge >= 0.3 is 0 Å². The van der Waals surface area contributed by atoms with Crippen molar-refractivity contribution in [3.05, 3.63) is 91.0 Å². The molecule has 132 valence electrons. The highest BCUT2D eigenvalue weighted by molar-refractivity contribution is 7.96. The third-order valence-electron chi connectivity index (χ3n) is 5.23. The molecular formula is C23H24O2P+. The largest absolute Gasteiger partial charge is 0.334 e. The van der Waals surface area contributed by atoms with Crippen molar-refractivity contribution in [3.8, 4) is 0 Å². The van der Waals surface area contributed by atoms with E-state index in [1.807, 2.05) is 91.0 Å². The van der Waals surface area contributed by atoms with Crippen molar-refractivity contribution < 1.29 is 10.2 Å². The Morgan fingerprint density at radius 3 is 1.31 bits per heavy atom. The number of benzene rings is 3. The summed E-state index contributed by atoms with van der Waals surface area (Å²) < 4.78 is 0. The maximum absolute atomic E-state index is 11.6. The normalized spacial score (nSPS) is 15.0. The van der Waals surface area contributed by atoms with Gasteiger partial charge in [0.1, 0.15) is 15.9 Å². The van der Waals surface area contributed by atoms with Crippen LogP contribution in [0.15, 0.2) is 91.0 Å². The number of rotatable bonds is 6. The van der Waals surface area contributed by atoms with Crippen LogP contribution in [0.1, 0.15) is 19.3 Å². The van der Waals surface area contributed by atoms with Crippen LogP contribution in [-0.2, 0) is 0 Å². The van der Waals surface area contributed by atoms with Gasteiger partial charge in [-0.25, -0.2) is 0 Å². The molecule has 3 aromatic carbocycles. The lowest BCUT2D eigenvalue weighted by Crippen LogP contribution is -2.48. The average Bonchev–Trinajstić information content (AvgIpc) is 3.48. The summed E-state index contributed by atoms with van der Waals surface area (Å²) in [7, 11) is -2.66. The van der Waals surface area contributed by atoms with Crippen molar-refractivity contribution >= 4 is 23.2 Å². The van der Waals surface area contributed by atoms with Gasteiger partial charge in [0.15, 0.2) is 7.26 Å². The maximum atomic E-state index is 11.6. The van der Waals surface area contributed by atoms with E-state index in [0.29, 0.717) is 12.3 Å². The van der Waals surface area contributed by atoms with Crippen molar-refractivity contribution in [3.63, 3.8) is 0 Å². The third kappa shape index (κ3) is 2.99. The van der Waals surface area contributed by atoms with Crippen LogP contribution in [0.5, 0.6) is 0 Å². The molecule has 2 nitrogen and oxygen atoms in total. The van der Waals surface area contributed by atoms with E-state index < -0.39 is 12.8 Å². The Bertz CT molecular complexity index is 746. The highest BCUT2D eigenvalue weighted by atomic mass is 31.2. The molecule has 0 bridgehead atoms. The minimum Gasteiger partial charge on any atom is -0.334 e. The zero-order chi connectivity index (χ0) is 18.0. The van der Waals surface area contributed by atoms with Crippen LogP contribution in [-0.4, -0.2) is 15.7 Å². The van der Waals surface area contributed by atoms with E-state index in [0.717, 1.165) is 28.8 Å². The Morgan fingerprint density at radius 1 is 0.654 bits per heavy atom. The second kappa shape index (κ2) is 6.96. The molecule has 0 unspecified atom stereocenters. The molecule has 1 fully saturated rings. The van der Waals surface area contributed by atoms with Crippen LogP contribution in [0, 0.1) is 5.92 Å². The molecule has 26 heavy (non-hydrogen) atoms. The summed E-state index contributed by atoms with van der Waals surface area (Å²) in [6.45, 7) is 0. The summed E-state index contributed by atoms with van der Waals surface area (Å²) in [5.41, 5.74) is -1.78. The Kier molecular flexibility index (Phi) is 4.67. The molecule has 0 aliphatic heterocycles. The molecule has 4 rings (SSSR count). The summed E-state index contributed by atoms with van der Waals surface area (Å²) in [4.78, 5) is 0. The monoisotopic (exact) mass is 363 g/mol. The number of hydrogen-bond donors (Lipinski definition) is 2. The quantitative estimate of drug-likeness (QED) is 0.520. The smallest absolute Gasteiger partial charge is 0.293 e. The molecular weight excluding hydrogens is 339 g/mol. The van der Waals surface area contributed by atoms with Crippen molar-refractivity contribution in [2.45, 2.75) is 24.8 Å². The molecule has 1 aliphatic carbocycles. The molecule has 0 radical (unpaired) electrons. The van der Waals surface area contributed by atoms with Gasteiger partial charge in [0.2, 0.25) is 0 Å². The van der Waals surface area contributed by atoms with E-state index in [1.54, 1.807) is 0 Å². The first-order valence-corrected chi connectivity index (χ1v) is 10.9. The molecule has 0 atom stereocenters. The topological polar surface area (TPSA) is 40.5 Å². The second-order valence-electron chi connectivity index (χ2n) is 7.10. The van der Waals surface area contributed by atoms with Gasteiger partial charge in [0.25, 0.3) is 5.53 Å². The summed E-state index contributed by atoms with van der Waals surface area (Å²) in [5, 5.41) is 26.2. The third-order valence-corrected chi connectivity index (χ3v) is 9.70. The fourth-order valence-corrected chi connectivity index (χ4v) is 8.39. The fourth-order valence-electron chi connectivity index (χ4n) is 3.87.